The Hall–Kier alpha value is -7.83. The number of benzene rings is 6. The molecule has 0 aliphatic rings. The number of anilines is 1. The van der Waals surface area contributed by atoms with E-state index in [2.05, 4.69) is 40.7 Å². The lowest BCUT2D eigenvalue weighted by molar-refractivity contribution is 0.0690. The molecule has 0 fully saturated rings. The molecule has 0 aliphatic carbocycles. The van der Waals surface area contributed by atoms with E-state index in [-0.39, 0.29) is 65.8 Å². The van der Waals surface area contributed by atoms with Crippen LogP contribution in [0.1, 0.15) is 10.5 Å². The van der Waals surface area contributed by atoms with Gasteiger partial charge in [-0.3, -0.25) is 23.2 Å². The number of nitrogens with two attached hydrogens (primary N) is 1. The van der Waals surface area contributed by atoms with E-state index >= 15 is 0 Å². The zero-order chi connectivity index (χ0) is 48.4. The third-order valence-corrected chi connectivity index (χ3v) is 13.2. The molecule has 28 heteroatoms. The molecule has 0 bridgehead atoms. The first-order chi connectivity index (χ1) is 31.4. The van der Waals surface area contributed by atoms with E-state index in [9.17, 15) is 66.9 Å². The number of nitrogens with zero attached hydrogens (tertiary/aromatic N) is 8. The summed E-state index contributed by atoms with van der Waals surface area (Å²) < 4.78 is 135. The lowest BCUT2D eigenvalue weighted by atomic mass is 10.1. The molecule has 8 aromatic rings. The molecule has 0 amide bonds. The minimum Gasteiger partial charge on any atom is -0.505 e. The van der Waals surface area contributed by atoms with Gasteiger partial charge in [0, 0.05) is 26.9 Å². The molecule has 2 aromatic heterocycles. The number of aromatic nitrogens is 2. The fraction of sp³-hybridized carbons (Fsp3) is 0. The number of carbonyl (C=O) groups is 1. The van der Waals surface area contributed by atoms with E-state index in [4.69, 9.17) is 5.73 Å². The van der Waals surface area contributed by atoms with Crippen LogP contribution in [0.2, 0.25) is 0 Å². The molecule has 0 aliphatic heterocycles. The molecule has 6 aromatic carbocycles. The fourth-order valence-corrected chi connectivity index (χ4v) is 8.96. The molecule has 0 saturated carbocycles. The Balaban J connectivity index is 1.21. The third-order valence-electron chi connectivity index (χ3n) is 9.74. The molecule has 0 saturated heterocycles. The first-order valence-corrected chi connectivity index (χ1v) is 24.0. The highest BCUT2D eigenvalue weighted by atomic mass is 32.2. The molecule has 2 heterocycles. The summed E-state index contributed by atoms with van der Waals surface area (Å²) >= 11 is 0. The van der Waals surface area contributed by atoms with Crippen LogP contribution >= 0.6 is 0 Å². The van der Waals surface area contributed by atoms with Crippen molar-refractivity contribution in [2.75, 3.05) is 5.73 Å². The average molecular weight is 988 g/mol. The van der Waals surface area contributed by atoms with E-state index in [0.29, 0.717) is 10.9 Å². The first kappa shape index (κ1) is 45.7. The zero-order valence-electron chi connectivity index (χ0n) is 33.0. The number of aromatic carboxylic acids is 1. The quantitative estimate of drug-likeness (QED) is 0.0363. The van der Waals surface area contributed by atoms with E-state index in [1.807, 2.05) is 0 Å². The van der Waals surface area contributed by atoms with Gasteiger partial charge in [0.1, 0.15) is 38.1 Å². The summed E-state index contributed by atoms with van der Waals surface area (Å²) in [5.74, 6) is -2.42. The second kappa shape index (κ2) is 16.6. The largest absolute Gasteiger partial charge is 0.505 e. The maximum atomic E-state index is 12.5. The molecule has 0 spiro atoms. The molecule has 8 N–H and O–H groups in total. The number of carboxylic acids is 1. The van der Waals surface area contributed by atoms with Crippen LogP contribution in [0.3, 0.4) is 0 Å². The monoisotopic (exact) mass is 987 g/mol. The number of rotatable bonds is 11. The van der Waals surface area contributed by atoms with Crippen LogP contribution in [0.25, 0.3) is 43.4 Å². The summed E-state index contributed by atoms with van der Waals surface area (Å²) in [5.41, 5.74) is 4.17. The van der Waals surface area contributed by atoms with Crippen molar-refractivity contribution in [1.82, 2.24) is 9.97 Å². The van der Waals surface area contributed by atoms with Gasteiger partial charge in [0.25, 0.3) is 40.5 Å². The first-order valence-electron chi connectivity index (χ1n) is 18.2. The molecule has 340 valence electrons. The van der Waals surface area contributed by atoms with Crippen molar-refractivity contribution >= 4 is 130 Å². The maximum Gasteiger partial charge on any atom is 0.354 e. The van der Waals surface area contributed by atoms with Gasteiger partial charge in [0.05, 0.1) is 44.3 Å². The van der Waals surface area contributed by atoms with Crippen LogP contribution in [-0.2, 0) is 40.5 Å². The number of hydrogen-bond donors (Lipinski definition) is 7. The molecule has 0 atom stereocenters. The van der Waals surface area contributed by atoms with Gasteiger partial charge in [-0.05, 0) is 96.4 Å². The van der Waals surface area contributed by atoms with Gasteiger partial charge in [-0.15, -0.1) is 30.7 Å². The number of carboxylic acid groups (broad SMARTS) is 1. The second-order valence-electron chi connectivity index (χ2n) is 14.0. The van der Waals surface area contributed by atoms with Gasteiger partial charge in [0.15, 0.2) is 5.75 Å². The predicted octanol–water partition coefficient (Wildman–Crippen LogP) is 8.31. The number of fused-ring (bicyclic) bond motifs is 4. The van der Waals surface area contributed by atoms with Crippen LogP contribution in [-0.4, -0.2) is 78.0 Å². The lowest BCUT2D eigenvalue weighted by Crippen LogP contribution is -2.04. The summed E-state index contributed by atoms with van der Waals surface area (Å²) in [7, 11) is -19.4. The number of nitrogen functional groups attached to an aromatic ring is 1. The summed E-state index contributed by atoms with van der Waals surface area (Å²) in [5, 5.41) is 45.9. The molecule has 8 rings (SSSR count). The Labute approximate surface area is 375 Å². The van der Waals surface area contributed by atoms with Crippen LogP contribution in [0, 0.1) is 0 Å². The lowest BCUT2D eigenvalue weighted by Gasteiger charge is -2.11. The summed E-state index contributed by atoms with van der Waals surface area (Å²) in [6.45, 7) is 0. The Morgan fingerprint density at radius 2 is 1.07 bits per heavy atom. The number of phenols is 1. The van der Waals surface area contributed by atoms with Gasteiger partial charge >= 0.3 is 5.97 Å². The highest BCUT2D eigenvalue weighted by molar-refractivity contribution is 7.86. The van der Waals surface area contributed by atoms with Gasteiger partial charge in [-0.1, -0.05) is 6.07 Å². The van der Waals surface area contributed by atoms with E-state index in [1.54, 1.807) is 0 Å². The van der Waals surface area contributed by atoms with Crippen molar-refractivity contribution in [3.05, 3.63) is 109 Å². The Morgan fingerprint density at radius 3 is 1.72 bits per heavy atom. The summed E-state index contributed by atoms with van der Waals surface area (Å²) in [6, 6.07) is 18.9. The Kier molecular flexibility index (Phi) is 11.3. The van der Waals surface area contributed by atoms with Crippen molar-refractivity contribution in [2.24, 2.45) is 30.7 Å². The van der Waals surface area contributed by atoms with Crippen molar-refractivity contribution in [3.8, 4) is 5.75 Å². The third kappa shape index (κ3) is 9.21. The fourth-order valence-electron chi connectivity index (χ4n) is 6.65. The molecular weight excluding hydrogens is 963 g/mol. The predicted molar refractivity (Wildman–Crippen MR) is 236 cm³/mol. The molecule has 0 unspecified atom stereocenters. The van der Waals surface area contributed by atoms with Gasteiger partial charge in [-0.2, -0.15) is 33.7 Å². The zero-order valence-corrected chi connectivity index (χ0v) is 36.2. The summed E-state index contributed by atoms with van der Waals surface area (Å²) in [6.07, 6.45) is 1.35. The normalized spacial score (nSPS) is 13.0. The van der Waals surface area contributed by atoms with Crippen molar-refractivity contribution in [1.29, 1.82) is 0 Å². The smallest absolute Gasteiger partial charge is 0.354 e. The number of pyridine rings is 2. The highest BCUT2D eigenvalue weighted by Crippen LogP contribution is 2.44. The van der Waals surface area contributed by atoms with Crippen LogP contribution < -0.4 is 5.73 Å². The van der Waals surface area contributed by atoms with Crippen molar-refractivity contribution in [3.63, 3.8) is 0 Å². The number of hydrogen-bond acceptors (Lipinski definition) is 19. The van der Waals surface area contributed by atoms with E-state index < -0.39 is 83.9 Å². The Morgan fingerprint density at radius 1 is 0.522 bits per heavy atom. The maximum absolute atomic E-state index is 12.5. The average Bonchev–Trinajstić information content (AvgIpc) is 3.25. The number of aromatic hydroxyl groups is 1. The van der Waals surface area contributed by atoms with Gasteiger partial charge < -0.3 is 15.9 Å². The summed E-state index contributed by atoms with van der Waals surface area (Å²) in [4.78, 5) is 17.6. The van der Waals surface area contributed by atoms with Gasteiger partial charge in [-0.25, -0.2) is 9.78 Å². The minimum atomic E-state index is -5.23. The Bertz CT molecular complexity index is 4060. The van der Waals surface area contributed by atoms with E-state index in [1.165, 1.54) is 66.9 Å². The topological polar surface area (TPSA) is 401 Å². The van der Waals surface area contributed by atoms with Crippen LogP contribution in [0.4, 0.5) is 39.8 Å². The highest BCUT2D eigenvalue weighted by Gasteiger charge is 2.25. The van der Waals surface area contributed by atoms with Crippen LogP contribution in [0.15, 0.2) is 154 Å². The minimum absolute atomic E-state index is 0.0134. The van der Waals surface area contributed by atoms with Gasteiger partial charge in [0.2, 0.25) is 0 Å². The van der Waals surface area contributed by atoms with E-state index in [0.717, 1.165) is 36.4 Å². The molecule has 0 radical (unpaired) electrons. The standard InChI is InChI=1S/C39H25N9O15S4/c40-27-16-25-18(13-34(27)66(58,59)60)14-35(67(61,62)63)37(38(25)49)48-47-32-10-9-30(24-4-6-33(39(50)51)42-36(24)32)45-46-31-8-7-29(23-3-1-22(15-26(23)31)65(55,56)57)44-43-20-11-19-12-21(64(52,53)54)2-5-28(19)41-17-20/h1-17,49H,40H2,(H,50,51)(H,52,53,54)(H,55,56,57)(H,58,59,60)(H,61,62,63)/b44-43+,46-45+,48-47+. The number of azo groups is 3. The molecule has 67 heavy (non-hydrogen) atoms. The second-order valence-corrected chi connectivity index (χ2v) is 19.7. The van der Waals surface area contributed by atoms with Crippen molar-refractivity contribution in [2.45, 2.75) is 19.6 Å². The van der Waals surface area contributed by atoms with Crippen LogP contribution in [0.5, 0.6) is 5.75 Å². The molecular formula is C39H25N9O15S4. The molecule has 24 nitrogen and oxygen atoms in total. The SMILES string of the molecule is Nc1cc2c(O)c(/N=N/c3ccc(/N=N/c4ccc(/N=N/c5cnc6ccc(S(=O)(=O)O)cc6c5)c5ccc(S(=O)(=O)O)cc45)c4ccc(C(=O)O)nc34)c(S(=O)(=O)O)cc2cc1S(=O)(=O)O. The van der Waals surface area contributed by atoms with Crippen molar-refractivity contribution < 1.29 is 66.9 Å². The number of phenolic OH excluding ortho intramolecular Hbond substituents is 1.